The second-order valence-electron chi connectivity index (χ2n) is 2.59. The minimum absolute atomic E-state index is 0.0285. The van der Waals surface area contributed by atoms with Crippen LogP contribution in [0.1, 0.15) is 18.5 Å². The van der Waals surface area contributed by atoms with Crippen molar-refractivity contribution in [1.82, 2.24) is 0 Å². The Balaban J connectivity index is 3.27. The summed E-state index contributed by atoms with van der Waals surface area (Å²) in [5.74, 6) is -0.0285. The molecule has 1 rings (SSSR count). The van der Waals surface area contributed by atoms with E-state index in [1.807, 2.05) is 0 Å². The van der Waals surface area contributed by atoms with Gasteiger partial charge in [-0.3, -0.25) is 0 Å². The Morgan fingerprint density at radius 1 is 1.42 bits per heavy atom. The van der Waals surface area contributed by atoms with Crippen molar-refractivity contribution in [3.8, 4) is 5.75 Å². The zero-order chi connectivity index (χ0) is 9.30. The third kappa shape index (κ3) is 1.66. The van der Waals surface area contributed by atoms with Gasteiger partial charge in [0.25, 0.3) is 0 Å². The number of phenolic OH excluding ortho intramolecular Hbond substituents is 1. The van der Waals surface area contributed by atoms with Gasteiger partial charge in [0.2, 0.25) is 0 Å². The summed E-state index contributed by atoms with van der Waals surface area (Å²) in [6, 6.07) is 3.02. The molecule has 3 N–H and O–H groups in total. The van der Waals surface area contributed by atoms with E-state index in [9.17, 15) is 5.11 Å². The van der Waals surface area contributed by atoms with E-state index < -0.39 is 0 Å². The van der Waals surface area contributed by atoms with Gasteiger partial charge < -0.3 is 10.8 Å². The maximum Gasteiger partial charge on any atom is 0.140 e. The molecule has 0 fully saturated rings. The predicted octanol–water partition coefficient (Wildman–Crippen LogP) is 2.72. The molecule has 0 aliphatic rings. The zero-order valence-corrected chi connectivity index (χ0v) is 8.02. The number of hydrogen-bond acceptors (Lipinski definition) is 2. The van der Waals surface area contributed by atoms with Crippen LogP contribution < -0.4 is 5.73 Å². The van der Waals surface area contributed by atoms with Crippen LogP contribution in [0.25, 0.3) is 0 Å². The van der Waals surface area contributed by atoms with E-state index in [0.29, 0.717) is 10.6 Å². The third-order valence-electron chi connectivity index (χ3n) is 1.59. The van der Waals surface area contributed by atoms with E-state index in [2.05, 4.69) is 0 Å². The fraction of sp³-hybridized carbons (Fsp3) is 0.250. The number of benzene rings is 1. The van der Waals surface area contributed by atoms with Gasteiger partial charge in [-0.2, -0.15) is 0 Å². The molecule has 0 unspecified atom stereocenters. The van der Waals surface area contributed by atoms with Crippen LogP contribution in [0.5, 0.6) is 5.75 Å². The first kappa shape index (κ1) is 9.65. The molecule has 4 heteroatoms. The topological polar surface area (TPSA) is 46.2 Å². The standard InChI is InChI=1S/C8H9Cl2NO/c1-4(11)5-2-3-6(9)7(10)8(5)12/h2-4,12H,11H2,1H3/t4-/m0/s1. The number of hydrogen-bond donors (Lipinski definition) is 2. The van der Waals surface area contributed by atoms with Gasteiger partial charge in [0.05, 0.1) is 5.02 Å². The minimum atomic E-state index is -0.250. The van der Waals surface area contributed by atoms with E-state index in [-0.39, 0.29) is 16.8 Å². The van der Waals surface area contributed by atoms with Crippen LogP contribution in [0.3, 0.4) is 0 Å². The van der Waals surface area contributed by atoms with E-state index in [4.69, 9.17) is 28.9 Å². The van der Waals surface area contributed by atoms with Gasteiger partial charge in [-0.25, -0.2) is 0 Å². The van der Waals surface area contributed by atoms with Crippen molar-refractivity contribution in [3.05, 3.63) is 27.7 Å². The fourth-order valence-corrected chi connectivity index (χ4v) is 1.25. The van der Waals surface area contributed by atoms with Gasteiger partial charge in [0.1, 0.15) is 10.8 Å². The van der Waals surface area contributed by atoms with E-state index in [1.165, 1.54) is 0 Å². The lowest BCUT2D eigenvalue weighted by atomic mass is 10.1. The smallest absolute Gasteiger partial charge is 0.140 e. The SMILES string of the molecule is C[C@H](N)c1ccc(Cl)c(Cl)c1O. The monoisotopic (exact) mass is 205 g/mol. The quantitative estimate of drug-likeness (QED) is 0.741. The summed E-state index contributed by atoms with van der Waals surface area (Å²) in [6.07, 6.45) is 0. The Kier molecular flexibility index (Phi) is 2.83. The Bertz CT molecular complexity index is 299. The molecule has 0 saturated carbocycles. The summed E-state index contributed by atoms with van der Waals surface area (Å²) in [5.41, 5.74) is 6.17. The summed E-state index contributed by atoms with van der Waals surface area (Å²) in [7, 11) is 0. The number of nitrogens with two attached hydrogens (primary N) is 1. The van der Waals surface area contributed by atoms with Gasteiger partial charge in [-0.15, -0.1) is 0 Å². The van der Waals surface area contributed by atoms with Gasteiger partial charge in [-0.1, -0.05) is 29.3 Å². The maximum absolute atomic E-state index is 9.45. The van der Waals surface area contributed by atoms with Gasteiger partial charge in [0, 0.05) is 11.6 Å². The molecule has 0 spiro atoms. The zero-order valence-electron chi connectivity index (χ0n) is 6.51. The Morgan fingerprint density at radius 3 is 2.50 bits per heavy atom. The molecular formula is C8H9Cl2NO. The predicted molar refractivity (Wildman–Crippen MR) is 50.7 cm³/mol. The van der Waals surface area contributed by atoms with Crippen LogP contribution in [0.4, 0.5) is 0 Å². The van der Waals surface area contributed by atoms with E-state index in [1.54, 1.807) is 19.1 Å². The lowest BCUT2D eigenvalue weighted by Crippen LogP contribution is -2.05. The Morgan fingerprint density at radius 2 is 2.00 bits per heavy atom. The first-order valence-electron chi connectivity index (χ1n) is 3.46. The molecule has 0 heterocycles. The highest BCUT2D eigenvalue weighted by molar-refractivity contribution is 6.43. The highest BCUT2D eigenvalue weighted by atomic mass is 35.5. The van der Waals surface area contributed by atoms with Crippen molar-refractivity contribution in [2.24, 2.45) is 5.73 Å². The van der Waals surface area contributed by atoms with Gasteiger partial charge >= 0.3 is 0 Å². The van der Waals surface area contributed by atoms with Crippen LogP contribution in [0, 0.1) is 0 Å². The van der Waals surface area contributed by atoms with E-state index >= 15 is 0 Å². The molecule has 0 aliphatic carbocycles. The summed E-state index contributed by atoms with van der Waals surface area (Å²) < 4.78 is 0. The average molecular weight is 206 g/mol. The largest absolute Gasteiger partial charge is 0.506 e. The summed E-state index contributed by atoms with van der Waals surface area (Å²) in [6.45, 7) is 1.76. The number of rotatable bonds is 1. The van der Waals surface area contributed by atoms with Crippen molar-refractivity contribution in [2.45, 2.75) is 13.0 Å². The number of phenols is 1. The minimum Gasteiger partial charge on any atom is -0.506 e. The van der Waals surface area contributed by atoms with Crippen LogP contribution >= 0.6 is 23.2 Å². The fourth-order valence-electron chi connectivity index (χ4n) is 0.922. The second-order valence-corrected chi connectivity index (χ2v) is 3.37. The molecule has 0 aliphatic heterocycles. The molecule has 1 atom stereocenters. The van der Waals surface area contributed by atoms with Crippen molar-refractivity contribution in [3.63, 3.8) is 0 Å². The third-order valence-corrected chi connectivity index (χ3v) is 2.39. The van der Waals surface area contributed by atoms with Crippen molar-refractivity contribution in [2.75, 3.05) is 0 Å². The first-order chi connectivity index (χ1) is 5.54. The van der Waals surface area contributed by atoms with Gasteiger partial charge in [-0.05, 0) is 13.0 Å². The van der Waals surface area contributed by atoms with Crippen molar-refractivity contribution < 1.29 is 5.11 Å². The van der Waals surface area contributed by atoms with Gasteiger partial charge in [0.15, 0.2) is 0 Å². The normalized spacial score (nSPS) is 13.0. The van der Waals surface area contributed by atoms with Crippen LogP contribution in [0.2, 0.25) is 10.0 Å². The highest BCUT2D eigenvalue weighted by Gasteiger charge is 2.11. The molecule has 1 aromatic rings. The van der Waals surface area contributed by atoms with Crippen molar-refractivity contribution in [1.29, 1.82) is 0 Å². The summed E-state index contributed by atoms with van der Waals surface area (Å²) in [4.78, 5) is 0. The summed E-state index contributed by atoms with van der Waals surface area (Å²) >= 11 is 11.3. The number of halogens is 2. The number of aromatic hydroxyl groups is 1. The molecule has 2 nitrogen and oxygen atoms in total. The second kappa shape index (κ2) is 3.52. The average Bonchev–Trinajstić information content (AvgIpc) is 2.00. The molecule has 1 aromatic carbocycles. The first-order valence-corrected chi connectivity index (χ1v) is 4.22. The molecule has 0 bridgehead atoms. The lowest BCUT2D eigenvalue weighted by molar-refractivity contribution is 0.464. The molecule has 0 radical (unpaired) electrons. The van der Waals surface area contributed by atoms with Crippen LogP contribution in [-0.2, 0) is 0 Å². The maximum atomic E-state index is 9.45. The van der Waals surface area contributed by atoms with Crippen LogP contribution in [-0.4, -0.2) is 5.11 Å². The molecule has 0 aromatic heterocycles. The van der Waals surface area contributed by atoms with Crippen molar-refractivity contribution >= 4 is 23.2 Å². The molecule has 12 heavy (non-hydrogen) atoms. The lowest BCUT2D eigenvalue weighted by Gasteiger charge is -2.09. The van der Waals surface area contributed by atoms with E-state index in [0.717, 1.165) is 0 Å². The highest BCUT2D eigenvalue weighted by Crippen LogP contribution is 2.35. The Labute approximate surface area is 80.9 Å². The Hall–Kier alpha value is -0.440. The molecular weight excluding hydrogens is 197 g/mol. The molecule has 0 amide bonds. The molecule has 0 saturated heterocycles. The van der Waals surface area contributed by atoms with Crippen LogP contribution in [0.15, 0.2) is 12.1 Å². The summed E-state index contributed by atoms with van der Waals surface area (Å²) in [5, 5.41) is 9.94. The molecule has 66 valence electrons.